The topological polar surface area (TPSA) is 1010 Å². The minimum absolute atomic E-state index is 0.859. The molecule has 37 N–H and O–H groups in total. The Balaban J connectivity index is 0.937. The fourth-order valence-electron chi connectivity index (χ4n) is 19.6. The Morgan fingerprint density at radius 3 is 0.780 bits per heavy atom. The molecule has 0 aromatic rings. The van der Waals surface area contributed by atoms with E-state index >= 15 is 0 Å². The van der Waals surface area contributed by atoms with Gasteiger partial charge in [0.1, 0.15) is 287 Å². The van der Waals surface area contributed by atoms with Crippen molar-refractivity contribution in [2.24, 2.45) is 0 Å². The van der Waals surface area contributed by atoms with Crippen LogP contribution in [0.3, 0.4) is 0 Å². The van der Waals surface area contributed by atoms with Gasteiger partial charge >= 0.3 is 0 Å². The minimum Gasteiger partial charge on any atom is -0.394 e. The molecule has 0 aromatic heterocycles. The van der Waals surface area contributed by atoms with Crippen LogP contribution in [0.25, 0.3) is 0 Å². The Labute approximate surface area is 849 Å². The second-order valence-electron chi connectivity index (χ2n) is 38.1. The van der Waals surface area contributed by atoms with Gasteiger partial charge in [0, 0.05) is 41.5 Å². The third-order valence-corrected chi connectivity index (χ3v) is 27.4. The van der Waals surface area contributed by atoms with Crippen LogP contribution in [0.4, 0.5) is 0 Å². The lowest BCUT2D eigenvalue weighted by molar-refractivity contribution is -0.406. The highest BCUT2D eigenvalue weighted by molar-refractivity contribution is 5.75. The number of ether oxygens (including phenoxy) is 23. The molecule has 12 aliphatic rings. The summed E-state index contributed by atoms with van der Waals surface area (Å²) in [6.45, 7) is -6.35. The summed E-state index contributed by atoms with van der Waals surface area (Å²) in [7, 11) is 0. The van der Waals surface area contributed by atoms with Crippen molar-refractivity contribution in [2.75, 3.05) is 72.7 Å². The van der Waals surface area contributed by atoms with E-state index in [1.165, 1.54) is 6.92 Å². The van der Waals surface area contributed by atoms with E-state index in [1.807, 2.05) is 0 Å². The zero-order chi connectivity index (χ0) is 110. The van der Waals surface area contributed by atoms with Gasteiger partial charge in [0.05, 0.1) is 78.8 Å². The molecule has 1 unspecified atom stereocenters. The summed E-state index contributed by atoms with van der Waals surface area (Å²) < 4.78 is 140. The number of hydrogen-bond acceptors (Lipinski definition) is 60. The zero-order valence-electron chi connectivity index (χ0n) is 81.1. The van der Waals surface area contributed by atoms with Gasteiger partial charge in [-0.15, -0.1) is 0 Å². The van der Waals surface area contributed by atoms with Crippen molar-refractivity contribution in [3.63, 3.8) is 0 Å². The largest absolute Gasteiger partial charge is 0.394 e. The fourth-order valence-corrected chi connectivity index (χ4v) is 19.6. The van der Waals surface area contributed by atoms with E-state index in [0.29, 0.717) is 0 Å². The summed E-state index contributed by atoms with van der Waals surface area (Å²) in [5, 5.41) is 367. The number of aliphatic hydroxyl groups is 31. The zero-order valence-corrected chi connectivity index (χ0v) is 81.1. The van der Waals surface area contributed by atoms with E-state index in [2.05, 4.69) is 31.9 Å². The quantitative estimate of drug-likeness (QED) is 0.0272. The first-order valence-corrected chi connectivity index (χ1v) is 48.0. The van der Waals surface area contributed by atoms with Crippen LogP contribution in [0.5, 0.6) is 0 Å². The number of nitrogens with one attached hydrogen (secondary N) is 6. The predicted octanol–water partition coefficient (Wildman–Crippen LogP) is -25.3. The number of aliphatic hydroxyl groups excluding tert-OH is 31. The third kappa shape index (κ3) is 27.5. The molecular formula is C84H140N6O60. The number of hydrogen-bond donors (Lipinski definition) is 37. The lowest BCUT2D eigenvalue weighted by Crippen LogP contribution is -2.72. The molecule has 66 nitrogen and oxygen atoms in total. The van der Waals surface area contributed by atoms with E-state index in [-0.39, 0.29) is 0 Å². The van der Waals surface area contributed by atoms with E-state index in [4.69, 9.17) is 109 Å². The second-order valence-corrected chi connectivity index (χ2v) is 38.1. The number of amides is 6. The molecule has 60 atom stereocenters. The van der Waals surface area contributed by atoms with Gasteiger partial charge in [-0.25, -0.2) is 0 Å². The molecule has 6 amide bonds. The normalized spacial score (nSPS) is 48.8. The van der Waals surface area contributed by atoms with E-state index in [0.717, 1.165) is 41.5 Å². The second kappa shape index (κ2) is 54.0. The van der Waals surface area contributed by atoms with Crippen LogP contribution in [-0.4, -0.2) is 635 Å². The number of rotatable bonds is 39. The first-order valence-electron chi connectivity index (χ1n) is 48.0. The van der Waals surface area contributed by atoms with Crippen LogP contribution < -0.4 is 31.9 Å². The van der Waals surface area contributed by atoms with Crippen molar-refractivity contribution in [3.05, 3.63) is 0 Å². The molecule has 0 saturated carbocycles. The van der Waals surface area contributed by atoms with Crippen molar-refractivity contribution < 1.29 is 296 Å². The van der Waals surface area contributed by atoms with Crippen molar-refractivity contribution in [3.8, 4) is 0 Å². The molecule has 66 heteroatoms. The highest BCUT2D eigenvalue weighted by atomic mass is 16.8. The molecule has 0 radical (unpaired) electrons. The molecule has 0 aromatic carbocycles. The van der Waals surface area contributed by atoms with Gasteiger partial charge in [-0.3, -0.25) is 28.8 Å². The first kappa shape index (κ1) is 123. The lowest BCUT2D eigenvalue weighted by atomic mass is 9.93. The molecule has 12 aliphatic heterocycles. The van der Waals surface area contributed by atoms with Crippen molar-refractivity contribution in [1.82, 2.24) is 31.9 Å². The molecule has 866 valence electrons. The highest BCUT2D eigenvalue weighted by Gasteiger charge is 2.64. The van der Waals surface area contributed by atoms with Gasteiger partial charge < -0.3 is 299 Å². The van der Waals surface area contributed by atoms with Gasteiger partial charge in [0.2, 0.25) is 35.4 Å². The van der Waals surface area contributed by atoms with E-state index in [1.54, 1.807) is 0 Å². The Bertz CT molecular complexity index is 4250. The van der Waals surface area contributed by atoms with Crippen LogP contribution in [0.1, 0.15) is 48.5 Å². The average Bonchev–Trinajstić information content (AvgIpc) is 0.761. The molecule has 12 rings (SSSR count). The van der Waals surface area contributed by atoms with Crippen LogP contribution in [0.2, 0.25) is 0 Å². The van der Waals surface area contributed by atoms with Gasteiger partial charge in [0.25, 0.3) is 0 Å². The van der Waals surface area contributed by atoms with Gasteiger partial charge in [0.15, 0.2) is 75.5 Å². The van der Waals surface area contributed by atoms with Crippen molar-refractivity contribution in [2.45, 2.75) is 417 Å². The minimum atomic E-state index is -2.81. The van der Waals surface area contributed by atoms with E-state index < -0.39 is 476 Å². The standard InChI is InChI=1S/C84H140N6O60/c1-19-43(106)55(118)59(122)79(130-19)128-18-36-69(50(113)37(73(127)131-36)85-20(2)100)144-76-40(88-23(5)103)53(116)67(33(15-98)137-76)147-82-63(126)70(48(111)35(141-82)17-129-83-71(58(121)47(110)29(11-94)135-83)149-77-42(90-25(7)105)54(117)66(32(14-97)139-77)146-81-61(124)57(120)46(109)28(10-93)134-81)148-84-72(150-78-41(89-24(6)104)51(114)64(30(12-95)138-78)142-74-38(86-21(3)101)49(112)44(107)26(8-91)132-74)62(125)68(34(16-99)140-84)143-75-39(87-22(4)102)52(115)65(31(13-96)136-75)145-80-60(123)56(119)45(108)27(9-92)133-80/h19,26-84,91-99,106-127H,8-18H2,1-7H3,(H,85,100)(H,86,101)(H,87,102)(H,88,103)(H,89,104)(H,90,105)/t19-,26+,27+,28+,29+,30+,31+,32+,33+,34+,35+,36+,37+,38+,39+,40+,41+,42+,43+,44-,45-,46-,47+,48+,49+,50+,51+,52+,53+,54+,55+,56-,57-,58-,59-,60+,61+,62-,63-,64+,65+,66+,67+,68+,69+,70-,71-,72-,73?,74-,75-,76-,77-,78-,79+,80-,81-,82-,83-,84+/m0/s1. The number of carbonyl (C=O) groups excluding carboxylic acids is 6. The fraction of sp³-hybridized carbons (Fsp3) is 0.929. The van der Waals surface area contributed by atoms with Gasteiger partial charge in [-0.1, -0.05) is 0 Å². The molecule has 12 heterocycles. The maximum atomic E-state index is 13.6. The summed E-state index contributed by atoms with van der Waals surface area (Å²) in [6, 6.07) is -12.0. The summed E-state index contributed by atoms with van der Waals surface area (Å²) in [6.07, 6.45) is -117. The Kier molecular flexibility index (Phi) is 44.4. The van der Waals surface area contributed by atoms with Crippen LogP contribution >= 0.6 is 0 Å². The molecule has 0 aliphatic carbocycles. The molecule has 150 heavy (non-hydrogen) atoms. The van der Waals surface area contributed by atoms with Gasteiger partial charge in [-0.05, 0) is 6.92 Å². The summed E-state index contributed by atoms with van der Waals surface area (Å²) in [5.74, 6) is -5.96. The first-order chi connectivity index (χ1) is 70.9. The smallest absolute Gasteiger partial charge is 0.217 e. The maximum Gasteiger partial charge on any atom is 0.217 e. The molecule has 12 fully saturated rings. The monoisotopic (exact) mass is 2190 g/mol. The molecule has 12 saturated heterocycles. The van der Waals surface area contributed by atoms with Gasteiger partial charge in [-0.2, -0.15) is 0 Å². The number of carbonyl (C=O) groups is 6. The molecular weight excluding hydrogens is 2050 g/mol. The third-order valence-electron chi connectivity index (χ3n) is 27.4. The molecule has 0 spiro atoms. The lowest BCUT2D eigenvalue weighted by Gasteiger charge is -2.52. The van der Waals surface area contributed by atoms with Crippen molar-refractivity contribution in [1.29, 1.82) is 0 Å². The summed E-state index contributed by atoms with van der Waals surface area (Å²) in [4.78, 5) is 78.9. The van der Waals surface area contributed by atoms with Crippen LogP contribution in [0.15, 0.2) is 0 Å². The predicted molar refractivity (Wildman–Crippen MR) is 463 cm³/mol. The summed E-state index contributed by atoms with van der Waals surface area (Å²) >= 11 is 0. The average molecular weight is 2190 g/mol. The molecule has 0 bridgehead atoms. The summed E-state index contributed by atoms with van der Waals surface area (Å²) in [5.41, 5.74) is 0. The Morgan fingerprint density at radius 2 is 0.420 bits per heavy atom. The van der Waals surface area contributed by atoms with Crippen LogP contribution in [-0.2, 0) is 138 Å². The Morgan fingerprint density at radius 1 is 0.187 bits per heavy atom. The maximum absolute atomic E-state index is 13.6. The Hall–Kier alpha value is -5.34. The highest BCUT2D eigenvalue weighted by Crippen LogP contribution is 2.43. The van der Waals surface area contributed by atoms with Crippen molar-refractivity contribution >= 4 is 35.4 Å². The van der Waals surface area contributed by atoms with Crippen LogP contribution in [0, 0.1) is 0 Å². The SMILES string of the molecule is CC(=O)N[C@H]1[C@H](O[C@H]2[C@H](O)[C@@H](NC(C)=O)C(O)O[C@@H]2CO[C@@H]2O[C@@H](C)[C@@H](O)[C@@H](O)[C@@H]2O)O[C@H](CO)[C@@H](O[C@@H]2O[C@H](CO[C@H]3O[C@H](CO)[C@@H](O)[C@H](O)[C@@H]3O[C@@H]3O[C@H](CO)[C@@H](O[C@@H]4O[C@H](CO)[C@H](O)[C@H](O)[C@H]4O)[C@H](O)[C@H]3NC(C)=O)[C@@H](O)[C@H](O[C@H]3O[C@H](CO)[C@@H](O[C@@H]4O[C@H](CO)[C@@H](O[C@@H]5O[C@H](CO)[C@H](O)[C@H](O)[C@H]5O)[C@H](O)[C@H]4NC(C)=O)[C@H](O)[C@@H]3O[C@@H]3O[C@H](CO)[C@@H](O[C@@H]4O[C@H](CO)[C@H](O)[C@H](O)[C@H]4NC(C)=O)[C@H](O)[C@H]3NC(C)=O)[C@@H]2O)[C@@H]1O. The van der Waals surface area contributed by atoms with E-state index in [9.17, 15) is 187 Å².